The fourth-order valence-corrected chi connectivity index (χ4v) is 4.88. The van der Waals surface area contributed by atoms with Gasteiger partial charge >= 0.3 is 0 Å². The summed E-state index contributed by atoms with van der Waals surface area (Å²) in [5.74, 6) is 0.733. The predicted octanol–water partition coefficient (Wildman–Crippen LogP) is 2.80. The summed E-state index contributed by atoms with van der Waals surface area (Å²) in [5, 5.41) is 2.87. The first-order valence-electron chi connectivity index (χ1n) is 8.40. The van der Waals surface area contributed by atoms with Crippen LogP contribution in [0.1, 0.15) is 25.3 Å². The van der Waals surface area contributed by atoms with Gasteiger partial charge in [-0.25, -0.2) is 18.1 Å². The van der Waals surface area contributed by atoms with Gasteiger partial charge in [0.15, 0.2) is 5.13 Å². The molecule has 1 aliphatic rings. The van der Waals surface area contributed by atoms with Crippen molar-refractivity contribution >= 4 is 26.5 Å². The van der Waals surface area contributed by atoms with E-state index >= 15 is 0 Å². The maximum atomic E-state index is 12.7. The SMILES string of the molecule is CCCOc1ccc(S(=O)(=O)NC2CCN(c3nccs3)C2)cc1C. The summed E-state index contributed by atoms with van der Waals surface area (Å²) < 4.78 is 33.8. The molecule has 0 radical (unpaired) electrons. The molecule has 1 saturated heterocycles. The second-order valence-corrected chi connectivity index (χ2v) is 8.73. The number of sulfonamides is 1. The number of anilines is 1. The third-order valence-corrected chi connectivity index (χ3v) is 6.47. The van der Waals surface area contributed by atoms with E-state index in [1.54, 1.807) is 35.7 Å². The summed E-state index contributed by atoms with van der Waals surface area (Å²) >= 11 is 1.57. The van der Waals surface area contributed by atoms with Crippen molar-refractivity contribution in [3.05, 3.63) is 35.3 Å². The molecule has 0 spiro atoms. The first kappa shape index (κ1) is 18.2. The van der Waals surface area contributed by atoms with Crippen LogP contribution in [0, 0.1) is 6.92 Å². The second kappa shape index (κ2) is 7.72. The van der Waals surface area contributed by atoms with E-state index in [1.807, 2.05) is 19.2 Å². The number of hydrogen-bond acceptors (Lipinski definition) is 6. The number of aryl methyl sites for hydroxylation is 1. The molecular weight excluding hydrogens is 358 g/mol. The molecule has 0 bridgehead atoms. The van der Waals surface area contributed by atoms with Gasteiger partial charge in [-0.05, 0) is 43.5 Å². The molecule has 3 rings (SSSR count). The third kappa shape index (κ3) is 4.31. The quantitative estimate of drug-likeness (QED) is 0.798. The maximum absolute atomic E-state index is 12.7. The molecule has 1 aliphatic heterocycles. The van der Waals surface area contributed by atoms with Gasteiger partial charge in [-0.15, -0.1) is 11.3 Å². The lowest BCUT2D eigenvalue weighted by molar-refractivity contribution is 0.315. The molecule has 136 valence electrons. The molecule has 1 unspecified atom stereocenters. The lowest BCUT2D eigenvalue weighted by atomic mass is 10.2. The van der Waals surface area contributed by atoms with Crippen LogP contribution in [0.5, 0.6) is 5.75 Å². The molecule has 0 aliphatic carbocycles. The van der Waals surface area contributed by atoms with E-state index in [1.165, 1.54) is 0 Å². The molecule has 1 aromatic carbocycles. The first-order valence-corrected chi connectivity index (χ1v) is 10.8. The van der Waals surface area contributed by atoms with Gasteiger partial charge in [-0.3, -0.25) is 0 Å². The van der Waals surface area contributed by atoms with Gasteiger partial charge in [-0.1, -0.05) is 6.92 Å². The van der Waals surface area contributed by atoms with Crippen LogP contribution >= 0.6 is 11.3 Å². The van der Waals surface area contributed by atoms with Crippen LogP contribution in [0.2, 0.25) is 0 Å². The molecule has 6 nitrogen and oxygen atoms in total. The topological polar surface area (TPSA) is 71.5 Å². The number of hydrogen-bond donors (Lipinski definition) is 1. The highest BCUT2D eigenvalue weighted by Crippen LogP contribution is 2.25. The Kier molecular flexibility index (Phi) is 5.61. The normalized spacial score (nSPS) is 17.8. The summed E-state index contributed by atoms with van der Waals surface area (Å²) in [6, 6.07) is 4.90. The van der Waals surface area contributed by atoms with Gasteiger partial charge in [0.2, 0.25) is 10.0 Å². The first-order chi connectivity index (χ1) is 12.0. The maximum Gasteiger partial charge on any atom is 0.240 e. The van der Waals surface area contributed by atoms with E-state index < -0.39 is 10.0 Å². The van der Waals surface area contributed by atoms with Crippen molar-refractivity contribution in [2.24, 2.45) is 0 Å². The summed E-state index contributed by atoms with van der Waals surface area (Å²) in [6.45, 7) is 5.98. The van der Waals surface area contributed by atoms with Gasteiger partial charge in [0.05, 0.1) is 11.5 Å². The van der Waals surface area contributed by atoms with Crippen molar-refractivity contribution in [1.29, 1.82) is 0 Å². The van der Waals surface area contributed by atoms with Gasteiger partial charge in [0, 0.05) is 30.7 Å². The summed E-state index contributed by atoms with van der Waals surface area (Å²) in [6.07, 6.45) is 3.45. The van der Waals surface area contributed by atoms with Crippen LogP contribution in [-0.4, -0.2) is 39.1 Å². The number of ether oxygens (including phenoxy) is 1. The zero-order valence-corrected chi connectivity index (χ0v) is 16.1. The Bertz CT molecular complexity index is 807. The minimum Gasteiger partial charge on any atom is -0.493 e. The van der Waals surface area contributed by atoms with E-state index in [0.29, 0.717) is 13.2 Å². The van der Waals surface area contributed by atoms with Gasteiger partial charge < -0.3 is 9.64 Å². The molecular formula is C17H23N3O3S2. The van der Waals surface area contributed by atoms with E-state index in [4.69, 9.17) is 4.74 Å². The van der Waals surface area contributed by atoms with E-state index in [-0.39, 0.29) is 10.9 Å². The number of thiazole rings is 1. The average molecular weight is 382 g/mol. The highest BCUT2D eigenvalue weighted by molar-refractivity contribution is 7.89. The molecule has 1 N–H and O–H groups in total. The molecule has 2 aromatic rings. The predicted molar refractivity (Wildman–Crippen MR) is 100 cm³/mol. The van der Waals surface area contributed by atoms with Crippen LogP contribution < -0.4 is 14.4 Å². The zero-order valence-electron chi connectivity index (χ0n) is 14.4. The molecule has 1 aromatic heterocycles. The molecule has 0 amide bonds. The van der Waals surface area contributed by atoms with Crippen molar-refractivity contribution in [2.45, 2.75) is 37.6 Å². The van der Waals surface area contributed by atoms with Crippen LogP contribution in [0.4, 0.5) is 5.13 Å². The van der Waals surface area contributed by atoms with Gasteiger partial charge in [0.25, 0.3) is 0 Å². The Morgan fingerprint density at radius 1 is 1.44 bits per heavy atom. The Hall–Kier alpha value is -1.64. The van der Waals surface area contributed by atoms with Crippen molar-refractivity contribution in [1.82, 2.24) is 9.71 Å². The highest BCUT2D eigenvalue weighted by atomic mass is 32.2. The minimum absolute atomic E-state index is 0.106. The fourth-order valence-electron chi connectivity index (χ4n) is 2.85. The molecule has 1 atom stereocenters. The van der Waals surface area contributed by atoms with Gasteiger partial charge in [0.1, 0.15) is 5.75 Å². The number of aromatic nitrogens is 1. The average Bonchev–Trinajstić information content (AvgIpc) is 3.24. The van der Waals surface area contributed by atoms with E-state index in [9.17, 15) is 8.42 Å². The Morgan fingerprint density at radius 3 is 2.96 bits per heavy atom. The minimum atomic E-state index is -3.54. The van der Waals surface area contributed by atoms with Crippen molar-refractivity contribution < 1.29 is 13.2 Å². The van der Waals surface area contributed by atoms with E-state index in [0.717, 1.165) is 35.8 Å². The van der Waals surface area contributed by atoms with Crippen molar-refractivity contribution in [2.75, 3.05) is 24.6 Å². The van der Waals surface area contributed by atoms with E-state index in [2.05, 4.69) is 14.6 Å². The number of nitrogens with one attached hydrogen (secondary N) is 1. The monoisotopic (exact) mass is 381 g/mol. The molecule has 8 heteroatoms. The van der Waals surface area contributed by atoms with Crippen molar-refractivity contribution in [3.8, 4) is 5.75 Å². The van der Waals surface area contributed by atoms with Crippen LogP contribution in [-0.2, 0) is 10.0 Å². The zero-order chi connectivity index (χ0) is 17.9. The number of benzene rings is 1. The van der Waals surface area contributed by atoms with Gasteiger partial charge in [-0.2, -0.15) is 0 Å². The Labute approximate surface area is 152 Å². The summed E-state index contributed by atoms with van der Waals surface area (Å²) in [4.78, 5) is 6.68. The molecule has 1 fully saturated rings. The summed E-state index contributed by atoms with van der Waals surface area (Å²) in [5.41, 5.74) is 0.826. The largest absolute Gasteiger partial charge is 0.493 e. The Balaban J connectivity index is 1.67. The smallest absolute Gasteiger partial charge is 0.240 e. The van der Waals surface area contributed by atoms with Crippen LogP contribution in [0.25, 0.3) is 0 Å². The van der Waals surface area contributed by atoms with Crippen molar-refractivity contribution in [3.63, 3.8) is 0 Å². The second-order valence-electron chi connectivity index (χ2n) is 6.14. The number of rotatable bonds is 7. The van der Waals surface area contributed by atoms with Crippen LogP contribution in [0.3, 0.4) is 0 Å². The molecule has 25 heavy (non-hydrogen) atoms. The lowest BCUT2D eigenvalue weighted by Gasteiger charge is -2.16. The molecule has 0 saturated carbocycles. The molecule has 2 heterocycles. The fraction of sp³-hybridized carbons (Fsp3) is 0.471. The Morgan fingerprint density at radius 2 is 2.28 bits per heavy atom. The van der Waals surface area contributed by atoms with Crippen LogP contribution in [0.15, 0.2) is 34.7 Å². The third-order valence-electron chi connectivity index (χ3n) is 4.12. The standard InChI is InChI=1S/C17H23N3O3S2/c1-3-9-23-16-5-4-15(11-13(16)2)25(21,22)19-14-6-8-20(12-14)17-18-7-10-24-17/h4-5,7,10-11,14,19H,3,6,8-9,12H2,1-2H3. The highest BCUT2D eigenvalue weighted by Gasteiger charge is 2.28. The number of nitrogens with zero attached hydrogens (tertiary/aromatic N) is 2. The summed E-state index contributed by atoms with van der Waals surface area (Å²) in [7, 11) is -3.54. The lowest BCUT2D eigenvalue weighted by Crippen LogP contribution is -2.37.